The van der Waals surface area contributed by atoms with Crippen molar-refractivity contribution in [3.8, 4) is 0 Å². The topological polar surface area (TPSA) is 52.7 Å². The maximum absolute atomic E-state index is 13.9. The molecule has 0 aromatic heterocycles. The van der Waals surface area contributed by atoms with Gasteiger partial charge in [0, 0.05) is 43.1 Å². The van der Waals surface area contributed by atoms with Crippen molar-refractivity contribution in [2.24, 2.45) is 0 Å². The summed E-state index contributed by atoms with van der Waals surface area (Å²) in [5.41, 5.74) is 4.18. The highest BCUT2D eigenvalue weighted by molar-refractivity contribution is 5.98. The van der Waals surface area contributed by atoms with Crippen LogP contribution in [-0.4, -0.2) is 54.3 Å². The number of benzene rings is 3. The average molecular weight is 482 g/mol. The molecule has 0 radical (unpaired) electrons. The van der Waals surface area contributed by atoms with E-state index in [2.05, 4.69) is 48.6 Å². The van der Waals surface area contributed by atoms with Crippen molar-refractivity contribution >= 4 is 11.8 Å². The Morgan fingerprint density at radius 1 is 0.861 bits per heavy atom. The summed E-state index contributed by atoms with van der Waals surface area (Å²) in [4.78, 5) is 31.5. The van der Waals surface area contributed by atoms with E-state index in [1.54, 1.807) is 0 Å². The Hall–Kier alpha value is -3.44. The number of carbonyl (C=O) groups excluding carboxylic acids is 2. The lowest BCUT2D eigenvalue weighted by Gasteiger charge is -2.28. The van der Waals surface area contributed by atoms with Gasteiger partial charge in [0.1, 0.15) is 6.04 Å². The number of rotatable bonds is 6. The smallest absolute Gasteiger partial charge is 0.254 e. The molecule has 2 aliphatic heterocycles. The average Bonchev–Trinajstić information content (AvgIpc) is 3.61. The summed E-state index contributed by atoms with van der Waals surface area (Å²) in [6.07, 6.45) is 1.62. The minimum absolute atomic E-state index is 0.0595. The van der Waals surface area contributed by atoms with Crippen LogP contribution in [0.3, 0.4) is 0 Å². The SMILES string of the molecule is CNC(C)c1cccc(C(=O)N2C[C@@H](c3ccccc3)C[C@H]2C(=O)N2CC[C@H](c3ccccc3)C2)c1. The van der Waals surface area contributed by atoms with Gasteiger partial charge < -0.3 is 15.1 Å². The van der Waals surface area contributed by atoms with Crippen LogP contribution in [0.4, 0.5) is 0 Å². The molecular weight excluding hydrogens is 446 g/mol. The van der Waals surface area contributed by atoms with Crippen molar-refractivity contribution in [1.82, 2.24) is 15.1 Å². The number of nitrogens with zero attached hydrogens (tertiary/aromatic N) is 2. The number of nitrogens with one attached hydrogen (secondary N) is 1. The van der Waals surface area contributed by atoms with Crippen LogP contribution in [0.2, 0.25) is 0 Å². The van der Waals surface area contributed by atoms with Crippen molar-refractivity contribution < 1.29 is 9.59 Å². The summed E-state index contributed by atoms with van der Waals surface area (Å²) >= 11 is 0. The molecule has 0 bridgehead atoms. The van der Waals surface area contributed by atoms with Crippen LogP contribution >= 0.6 is 0 Å². The fraction of sp³-hybridized carbons (Fsp3) is 0.355. The lowest BCUT2D eigenvalue weighted by molar-refractivity contribution is -0.134. The molecule has 0 spiro atoms. The van der Waals surface area contributed by atoms with Crippen LogP contribution in [0, 0.1) is 0 Å². The van der Waals surface area contributed by atoms with Crippen LogP contribution in [0.1, 0.15) is 64.7 Å². The molecule has 2 amide bonds. The molecule has 4 atom stereocenters. The summed E-state index contributed by atoms with van der Waals surface area (Å²) < 4.78 is 0. The molecule has 2 aliphatic rings. The van der Waals surface area contributed by atoms with Crippen LogP contribution < -0.4 is 5.32 Å². The van der Waals surface area contributed by atoms with Gasteiger partial charge in [0.05, 0.1) is 0 Å². The van der Waals surface area contributed by atoms with Gasteiger partial charge in [0.15, 0.2) is 0 Å². The Kier molecular flexibility index (Phi) is 7.19. The second-order valence-electron chi connectivity index (χ2n) is 10.1. The lowest BCUT2D eigenvalue weighted by atomic mass is 9.96. The van der Waals surface area contributed by atoms with Gasteiger partial charge in [-0.05, 0) is 55.6 Å². The van der Waals surface area contributed by atoms with Crippen LogP contribution in [-0.2, 0) is 4.79 Å². The third-order valence-electron chi connectivity index (χ3n) is 7.96. The van der Waals surface area contributed by atoms with Gasteiger partial charge in [-0.25, -0.2) is 0 Å². The standard InChI is InChI=1S/C31H35N3O2/c1-22(32-2)25-14-9-15-26(18-25)30(35)34-21-28(24-12-7-4-8-13-24)19-29(34)31(36)33-17-16-27(20-33)23-10-5-3-6-11-23/h3-15,18,22,27-29,32H,16-17,19-21H2,1-2H3/t22?,27-,28-,29-/m0/s1. The number of carbonyl (C=O) groups is 2. The van der Waals surface area contributed by atoms with Gasteiger partial charge in [-0.1, -0.05) is 72.8 Å². The molecule has 36 heavy (non-hydrogen) atoms. The molecule has 3 aromatic rings. The first-order valence-corrected chi connectivity index (χ1v) is 13.0. The molecule has 2 heterocycles. The van der Waals surface area contributed by atoms with E-state index in [-0.39, 0.29) is 23.8 Å². The van der Waals surface area contributed by atoms with Gasteiger partial charge in [0.2, 0.25) is 5.91 Å². The summed E-state index contributed by atoms with van der Waals surface area (Å²) in [6, 6.07) is 28.2. The number of likely N-dealkylation sites (tertiary alicyclic amines) is 2. The van der Waals surface area contributed by atoms with Crippen LogP contribution in [0.15, 0.2) is 84.9 Å². The molecule has 0 aliphatic carbocycles. The molecule has 186 valence electrons. The number of hydrogen-bond donors (Lipinski definition) is 1. The molecule has 3 aromatic carbocycles. The summed E-state index contributed by atoms with van der Waals surface area (Å²) in [7, 11) is 1.91. The Morgan fingerprint density at radius 3 is 2.19 bits per heavy atom. The largest absolute Gasteiger partial charge is 0.340 e. The lowest BCUT2D eigenvalue weighted by Crippen LogP contribution is -2.47. The highest BCUT2D eigenvalue weighted by Crippen LogP contribution is 2.36. The second kappa shape index (κ2) is 10.7. The van der Waals surface area contributed by atoms with Crippen molar-refractivity contribution in [3.63, 3.8) is 0 Å². The van der Waals surface area contributed by atoms with Crippen molar-refractivity contribution in [2.75, 3.05) is 26.7 Å². The Balaban J connectivity index is 1.39. The fourth-order valence-corrected chi connectivity index (χ4v) is 5.70. The van der Waals surface area contributed by atoms with E-state index >= 15 is 0 Å². The van der Waals surface area contributed by atoms with Gasteiger partial charge in [-0.3, -0.25) is 9.59 Å². The molecule has 5 heteroatoms. The first-order valence-electron chi connectivity index (χ1n) is 13.0. The zero-order chi connectivity index (χ0) is 25.1. The van der Waals surface area contributed by atoms with Gasteiger partial charge >= 0.3 is 0 Å². The van der Waals surface area contributed by atoms with E-state index in [1.807, 2.05) is 65.4 Å². The molecular formula is C31H35N3O2. The molecule has 5 rings (SSSR count). The third kappa shape index (κ3) is 4.93. The highest BCUT2D eigenvalue weighted by atomic mass is 16.2. The van der Waals surface area contributed by atoms with E-state index in [0.717, 1.165) is 18.5 Å². The predicted octanol–water partition coefficient (Wildman–Crippen LogP) is 4.98. The molecule has 2 saturated heterocycles. The van der Waals surface area contributed by atoms with E-state index < -0.39 is 6.04 Å². The van der Waals surface area contributed by atoms with E-state index in [4.69, 9.17) is 0 Å². The Bertz CT molecular complexity index is 1200. The second-order valence-corrected chi connectivity index (χ2v) is 10.1. The number of amides is 2. The van der Waals surface area contributed by atoms with Crippen LogP contribution in [0.5, 0.6) is 0 Å². The fourth-order valence-electron chi connectivity index (χ4n) is 5.70. The normalized spacial score (nSPS) is 22.6. The zero-order valence-electron chi connectivity index (χ0n) is 21.1. The maximum Gasteiger partial charge on any atom is 0.254 e. The molecule has 2 fully saturated rings. The summed E-state index contributed by atoms with van der Waals surface area (Å²) in [5.74, 6) is 0.525. The monoisotopic (exact) mass is 481 g/mol. The van der Waals surface area contributed by atoms with E-state index in [0.29, 0.717) is 31.0 Å². The molecule has 0 saturated carbocycles. The summed E-state index contributed by atoms with van der Waals surface area (Å²) in [5, 5.41) is 3.24. The van der Waals surface area contributed by atoms with Gasteiger partial charge in [0.25, 0.3) is 5.91 Å². The highest BCUT2D eigenvalue weighted by Gasteiger charge is 2.43. The van der Waals surface area contributed by atoms with Crippen LogP contribution in [0.25, 0.3) is 0 Å². The van der Waals surface area contributed by atoms with Crippen molar-refractivity contribution in [3.05, 3.63) is 107 Å². The van der Waals surface area contributed by atoms with Crippen molar-refractivity contribution in [2.45, 2.75) is 43.7 Å². The van der Waals surface area contributed by atoms with Gasteiger partial charge in [-0.2, -0.15) is 0 Å². The third-order valence-corrected chi connectivity index (χ3v) is 7.96. The van der Waals surface area contributed by atoms with Crippen molar-refractivity contribution in [1.29, 1.82) is 0 Å². The van der Waals surface area contributed by atoms with E-state index in [1.165, 1.54) is 11.1 Å². The van der Waals surface area contributed by atoms with E-state index in [9.17, 15) is 9.59 Å². The first kappa shape index (κ1) is 24.3. The first-order chi connectivity index (χ1) is 17.5. The minimum Gasteiger partial charge on any atom is -0.340 e. The summed E-state index contributed by atoms with van der Waals surface area (Å²) in [6.45, 7) is 4.09. The minimum atomic E-state index is -0.442. The predicted molar refractivity (Wildman–Crippen MR) is 143 cm³/mol. The Labute approximate surface area is 214 Å². The van der Waals surface area contributed by atoms with Gasteiger partial charge in [-0.15, -0.1) is 0 Å². The maximum atomic E-state index is 13.9. The Morgan fingerprint density at radius 2 is 1.53 bits per heavy atom. The quantitative estimate of drug-likeness (QED) is 0.540. The molecule has 1 unspecified atom stereocenters. The zero-order valence-corrected chi connectivity index (χ0v) is 21.1. The number of hydrogen-bond acceptors (Lipinski definition) is 3. The molecule has 1 N–H and O–H groups in total. The molecule has 5 nitrogen and oxygen atoms in total.